The Hall–Kier alpha value is -3.10. The van der Waals surface area contributed by atoms with Crippen molar-refractivity contribution in [3.8, 4) is 6.07 Å². The van der Waals surface area contributed by atoms with Gasteiger partial charge >= 0.3 is 0 Å². The van der Waals surface area contributed by atoms with Crippen LogP contribution >= 0.6 is 23.2 Å². The molecule has 45 heavy (non-hydrogen) atoms. The van der Waals surface area contributed by atoms with Gasteiger partial charge in [-0.05, 0) is 93.6 Å². The van der Waals surface area contributed by atoms with Gasteiger partial charge in [0.15, 0.2) is 5.72 Å². The number of nitrogens with zero attached hydrogens (tertiary/aromatic N) is 4. The van der Waals surface area contributed by atoms with Crippen LogP contribution in [-0.2, 0) is 22.6 Å². The normalized spacial score (nSPS) is 22.6. The maximum absolute atomic E-state index is 16.8. The molecule has 11 heteroatoms. The Balaban J connectivity index is 1.48. The molecule has 3 aliphatic rings. The molecule has 2 N–H and O–H groups in total. The lowest BCUT2D eigenvalue weighted by atomic mass is 9.76. The third kappa shape index (κ3) is 5.85. The van der Waals surface area contributed by atoms with Gasteiger partial charge in [-0.1, -0.05) is 35.3 Å². The number of rotatable bonds is 10. The molecule has 3 aromatic rings. The number of hydrogen-bond donors (Lipinski definition) is 2. The molecule has 6 rings (SSSR count). The number of pyridine rings is 1. The van der Waals surface area contributed by atoms with Gasteiger partial charge in [0.05, 0.1) is 58.7 Å². The number of carbonyl (C=O) groups excluding carboxylic acids is 1. The van der Waals surface area contributed by atoms with Gasteiger partial charge in [0, 0.05) is 23.3 Å². The number of aromatic nitrogens is 1. The smallest absolute Gasteiger partial charge is 0.257 e. The summed E-state index contributed by atoms with van der Waals surface area (Å²) in [6.07, 6.45) is 4.07. The van der Waals surface area contributed by atoms with Crippen molar-refractivity contribution in [1.29, 1.82) is 5.26 Å². The molecule has 0 bridgehead atoms. The lowest BCUT2D eigenvalue weighted by Gasteiger charge is -2.41. The van der Waals surface area contributed by atoms with E-state index in [9.17, 15) is 20.3 Å². The van der Waals surface area contributed by atoms with Crippen molar-refractivity contribution in [2.24, 2.45) is 11.3 Å². The number of amides is 1. The number of ether oxygens (including phenoxy) is 1. The largest absolute Gasteiger partial charge is 0.395 e. The third-order valence-corrected chi connectivity index (χ3v) is 10.1. The highest BCUT2D eigenvalue weighted by Gasteiger charge is 2.57. The van der Waals surface area contributed by atoms with E-state index in [0.717, 1.165) is 0 Å². The standard InChI is InChI=1S/C34H35Cl2FN4O4/c1-32(44,22-8-12-40(13-9-22)14-15-42)24-16-28-30(29(37)17-24)34(23-2-4-25(35)5-3-23,45-21-33(20-38)10-11-33)41(31(28)43)19-27-7-6-26(36)18-39-27/h2-7,16-18,22,42,44H,8-15,19,21H2,1H3/t32?,34-/m1/s1. The first-order chi connectivity index (χ1) is 21.5. The number of benzene rings is 2. The fourth-order valence-corrected chi connectivity index (χ4v) is 6.91. The number of fused-ring (bicyclic) bond motifs is 1. The molecule has 2 aromatic carbocycles. The fraction of sp³-hybridized carbons (Fsp3) is 0.441. The zero-order valence-electron chi connectivity index (χ0n) is 25.0. The molecule has 1 saturated heterocycles. The first-order valence-corrected chi connectivity index (χ1v) is 15.9. The van der Waals surface area contributed by atoms with Gasteiger partial charge in [0.25, 0.3) is 5.91 Å². The molecule has 236 valence electrons. The van der Waals surface area contributed by atoms with E-state index < -0.39 is 28.5 Å². The van der Waals surface area contributed by atoms with Crippen LogP contribution in [0.2, 0.25) is 10.0 Å². The van der Waals surface area contributed by atoms with Crippen molar-refractivity contribution >= 4 is 29.1 Å². The molecule has 2 atom stereocenters. The van der Waals surface area contributed by atoms with Gasteiger partial charge in [-0.2, -0.15) is 5.26 Å². The first kappa shape index (κ1) is 31.9. The second-order valence-electron chi connectivity index (χ2n) is 12.6. The van der Waals surface area contributed by atoms with E-state index >= 15 is 4.39 Å². The van der Waals surface area contributed by atoms with E-state index in [2.05, 4.69) is 16.0 Å². The SMILES string of the molecule is CC(O)(c1cc(F)c2c(c1)C(=O)N(Cc1ccc(Cl)cn1)[C@@]2(OCC1(C#N)CC1)c1ccc(Cl)cc1)C1CCN(CCO)CC1. The minimum absolute atomic E-state index is 0.0191. The van der Waals surface area contributed by atoms with Gasteiger partial charge < -0.3 is 19.8 Å². The van der Waals surface area contributed by atoms with E-state index in [4.69, 9.17) is 27.9 Å². The molecule has 1 aromatic heterocycles. The molecule has 1 aliphatic carbocycles. The quantitative estimate of drug-likeness (QED) is 0.293. The summed E-state index contributed by atoms with van der Waals surface area (Å²) < 4.78 is 23.5. The number of likely N-dealkylation sites (tertiary alicyclic amines) is 1. The number of piperidine rings is 1. The average Bonchev–Trinajstić information content (AvgIpc) is 3.78. The summed E-state index contributed by atoms with van der Waals surface area (Å²) in [6.45, 7) is 3.63. The number of aliphatic hydroxyl groups is 2. The number of carbonyl (C=O) groups is 1. The lowest BCUT2D eigenvalue weighted by molar-refractivity contribution is -0.122. The van der Waals surface area contributed by atoms with Crippen molar-refractivity contribution in [3.05, 3.63) is 98.5 Å². The predicted octanol–water partition coefficient (Wildman–Crippen LogP) is 5.62. The zero-order valence-corrected chi connectivity index (χ0v) is 26.5. The Morgan fingerprint density at radius 1 is 1.13 bits per heavy atom. The summed E-state index contributed by atoms with van der Waals surface area (Å²) in [5, 5.41) is 31.9. The van der Waals surface area contributed by atoms with E-state index in [-0.39, 0.29) is 36.8 Å². The van der Waals surface area contributed by atoms with Crippen LogP contribution in [0, 0.1) is 28.5 Å². The number of halogens is 3. The summed E-state index contributed by atoms with van der Waals surface area (Å²) in [4.78, 5) is 22.5. The molecule has 1 amide bonds. The molecular weight excluding hydrogens is 618 g/mol. The Morgan fingerprint density at radius 3 is 2.42 bits per heavy atom. The average molecular weight is 654 g/mol. The molecule has 2 aliphatic heterocycles. The topological polar surface area (TPSA) is 110 Å². The highest BCUT2D eigenvalue weighted by Crippen LogP contribution is 2.52. The van der Waals surface area contributed by atoms with Crippen LogP contribution in [0.25, 0.3) is 0 Å². The van der Waals surface area contributed by atoms with Gasteiger partial charge in [-0.25, -0.2) is 4.39 Å². The van der Waals surface area contributed by atoms with Crippen LogP contribution in [0.5, 0.6) is 0 Å². The number of hydrogen-bond acceptors (Lipinski definition) is 7. The molecule has 8 nitrogen and oxygen atoms in total. The van der Waals surface area contributed by atoms with Crippen LogP contribution in [0.4, 0.5) is 4.39 Å². The predicted molar refractivity (Wildman–Crippen MR) is 167 cm³/mol. The lowest BCUT2D eigenvalue weighted by Crippen LogP contribution is -2.48. The maximum Gasteiger partial charge on any atom is 0.257 e. The summed E-state index contributed by atoms with van der Waals surface area (Å²) in [6, 6.07) is 15.3. The molecule has 1 unspecified atom stereocenters. The molecule has 2 fully saturated rings. The van der Waals surface area contributed by atoms with E-state index in [1.54, 1.807) is 49.4 Å². The van der Waals surface area contributed by atoms with Crippen LogP contribution in [-0.4, -0.2) is 63.8 Å². The summed E-state index contributed by atoms with van der Waals surface area (Å²) in [5.74, 6) is -1.37. The fourth-order valence-electron chi connectivity index (χ4n) is 6.67. The first-order valence-electron chi connectivity index (χ1n) is 15.2. The van der Waals surface area contributed by atoms with Crippen molar-refractivity contribution in [3.63, 3.8) is 0 Å². The van der Waals surface area contributed by atoms with E-state index in [1.807, 2.05) is 0 Å². The Labute approximate surface area is 271 Å². The summed E-state index contributed by atoms with van der Waals surface area (Å²) >= 11 is 12.3. The van der Waals surface area contributed by atoms with Crippen LogP contribution in [0.15, 0.2) is 54.7 Å². The van der Waals surface area contributed by atoms with Crippen LogP contribution in [0.1, 0.15) is 65.3 Å². The van der Waals surface area contributed by atoms with Crippen LogP contribution in [0.3, 0.4) is 0 Å². The third-order valence-electron chi connectivity index (χ3n) is 9.66. The Kier molecular flexibility index (Phi) is 8.68. The highest BCUT2D eigenvalue weighted by atomic mass is 35.5. The number of nitriles is 1. The monoisotopic (exact) mass is 652 g/mol. The minimum atomic E-state index is -1.74. The second-order valence-corrected chi connectivity index (χ2v) is 13.4. The van der Waals surface area contributed by atoms with Crippen molar-refractivity contribution in [2.75, 3.05) is 32.8 Å². The van der Waals surface area contributed by atoms with Crippen molar-refractivity contribution in [2.45, 2.75) is 50.5 Å². The van der Waals surface area contributed by atoms with Gasteiger partial charge in [0.1, 0.15) is 5.82 Å². The molecule has 0 radical (unpaired) electrons. The Bertz CT molecular complexity index is 1620. The second kappa shape index (κ2) is 12.3. The summed E-state index contributed by atoms with van der Waals surface area (Å²) in [5.41, 5.74) is -2.50. The van der Waals surface area contributed by atoms with Crippen molar-refractivity contribution < 1.29 is 24.1 Å². The minimum Gasteiger partial charge on any atom is -0.395 e. The molecule has 1 saturated carbocycles. The van der Waals surface area contributed by atoms with Gasteiger partial charge in [-0.3, -0.25) is 14.7 Å². The highest BCUT2D eigenvalue weighted by molar-refractivity contribution is 6.30. The summed E-state index contributed by atoms with van der Waals surface area (Å²) in [7, 11) is 0. The molecule has 0 spiro atoms. The van der Waals surface area contributed by atoms with Gasteiger partial charge in [-0.15, -0.1) is 0 Å². The number of aliphatic hydroxyl groups excluding tert-OH is 1. The Morgan fingerprint density at radius 2 is 1.82 bits per heavy atom. The van der Waals surface area contributed by atoms with Crippen molar-refractivity contribution in [1.82, 2.24) is 14.8 Å². The van der Waals surface area contributed by atoms with E-state index in [1.165, 1.54) is 17.2 Å². The zero-order chi connectivity index (χ0) is 32.0. The van der Waals surface area contributed by atoms with Crippen LogP contribution < -0.4 is 0 Å². The van der Waals surface area contributed by atoms with E-state index in [0.29, 0.717) is 72.2 Å². The molecular formula is C34H35Cl2FN4O4. The number of β-amino-alcohol motifs (C(OH)–C–C–N with tert-alkyl or cyclic N) is 1. The van der Waals surface area contributed by atoms with Gasteiger partial charge in [0.2, 0.25) is 0 Å². The molecule has 3 heterocycles. The maximum atomic E-state index is 16.8.